The van der Waals surface area contributed by atoms with Crippen LogP contribution in [0.4, 0.5) is 5.82 Å². The summed E-state index contributed by atoms with van der Waals surface area (Å²) >= 11 is 8.93. The van der Waals surface area contributed by atoms with Gasteiger partial charge in [0.15, 0.2) is 5.16 Å². The molecule has 1 N–H and O–H groups in total. The molecule has 2 aromatic heterocycles. The monoisotopic (exact) mass is 272 g/mol. The summed E-state index contributed by atoms with van der Waals surface area (Å²) in [5.41, 5.74) is 0. The van der Waals surface area contributed by atoms with Crippen LogP contribution >= 0.6 is 34.7 Å². The number of nitrogens with one attached hydrogen (secondary N) is 1. The van der Waals surface area contributed by atoms with Crippen molar-refractivity contribution in [2.45, 2.75) is 11.7 Å². The quantitative estimate of drug-likeness (QED) is 0.527. The molecule has 2 rings (SSSR count). The summed E-state index contributed by atoms with van der Waals surface area (Å²) in [7, 11) is 0. The topological polar surface area (TPSA) is 50.7 Å². The van der Waals surface area contributed by atoms with Gasteiger partial charge < -0.3 is 5.32 Å². The van der Waals surface area contributed by atoms with E-state index < -0.39 is 0 Å². The molecule has 2 heterocycles. The first kappa shape index (κ1) is 11.6. The molecule has 0 bridgehead atoms. The van der Waals surface area contributed by atoms with E-state index in [1.807, 2.05) is 11.6 Å². The Bertz CT molecular complexity index is 461. The Morgan fingerprint density at radius 1 is 1.50 bits per heavy atom. The third-order valence-electron chi connectivity index (χ3n) is 1.76. The number of anilines is 1. The fourth-order valence-corrected chi connectivity index (χ4v) is 2.25. The van der Waals surface area contributed by atoms with Crippen LogP contribution in [-0.4, -0.2) is 21.2 Å². The lowest BCUT2D eigenvalue weighted by Gasteiger charge is -2.04. The molecule has 0 unspecified atom stereocenters. The molecule has 0 saturated carbocycles. The molecular formula is C9H9ClN4S2. The van der Waals surface area contributed by atoms with E-state index in [1.54, 1.807) is 23.6 Å². The van der Waals surface area contributed by atoms with Crippen molar-refractivity contribution in [2.24, 2.45) is 0 Å². The van der Waals surface area contributed by atoms with Crippen LogP contribution < -0.4 is 5.32 Å². The highest BCUT2D eigenvalue weighted by Gasteiger charge is 2.02. The van der Waals surface area contributed by atoms with Gasteiger partial charge in [-0.1, -0.05) is 23.4 Å². The zero-order valence-electron chi connectivity index (χ0n) is 8.48. The molecule has 7 heteroatoms. The van der Waals surface area contributed by atoms with E-state index in [0.29, 0.717) is 16.9 Å². The number of rotatable bonds is 4. The van der Waals surface area contributed by atoms with Crippen molar-refractivity contribution in [3.05, 3.63) is 27.8 Å². The van der Waals surface area contributed by atoms with Gasteiger partial charge in [-0.2, -0.15) is 0 Å². The predicted molar refractivity (Wildman–Crippen MR) is 68.3 cm³/mol. The van der Waals surface area contributed by atoms with Crippen LogP contribution in [-0.2, 0) is 6.54 Å². The van der Waals surface area contributed by atoms with Gasteiger partial charge in [-0.05, 0) is 6.26 Å². The Hall–Kier alpha value is -0.850. The molecule has 0 radical (unpaired) electrons. The molecule has 4 nitrogen and oxygen atoms in total. The molecule has 0 aliphatic rings. The minimum atomic E-state index is 0.445. The predicted octanol–water partition coefficient (Wildman–Crippen LogP) is 2.92. The fourth-order valence-electron chi connectivity index (χ4n) is 1.09. The van der Waals surface area contributed by atoms with Crippen molar-refractivity contribution in [1.29, 1.82) is 0 Å². The Labute approximate surface area is 106 Å². The average Bonchev–Trinajstić information content (AvgIpc) is 2.78. The molecule has 16 heavy (non-hydrogen) atoms. The zero-order valence-corrected chi connectivity index (χ0v) is 10.9. The molecule has 0 aliphatic carbocycles. The fraction of sp³-hybridized carbons (Fsp3) is 0.222. The van der Waals surface area contributed by atoms with E-state index in [9.17, 15) is 0 Å². The zero-order chi connectivity index (χ0) is 11.4. The Balaban J connectivity index is 2.06. The first-order chi connectivity index (χ1) is 7.78. The van der Waals surface area contributed by atoms with Gasteiger partial charge in [0, 0.05) is 17.6 Å². The maximum Gasteiger partial charge on any atom is 0.190 e. The highest BCUT2D eigenvalue weighted by Crippen LogP contribution is 2.17. The molecule has 0 amide bonds. The van der Waals surface area contributed by atoms with Gasteiger partial charge >= 0.3 is 0 Å². The Morgan fingerprint density at radius 2 is 2.38 bits per heavy atom. The van der Waals surface area contributed by atoms with Gasteiger partial charge in [0.25, 0.3) is 0 Å². The Morgan fingerprint density at radius 3 is 3.06 bits per heavy atom. The number of halogens is 1. The summed E-state index contributed by atoms with van der Waals surface area (Å²) in [5, 5.41) is 7.22. The van der Waals surface area contributed by atoms with Crippen LogP contribution in [0.15, 0.2) is 22.8 Å². The number of aromatic nitrogens is 3. The van der Waals surface area contributed by atoms with Crippen LogP contribution in [0.25, 0.3) is 0 Å². The lowest BCUT2D eigenvalue weighted by molar-refractivity contribution is 0.954. The molecule has 0 aliphatic heterocycles. The second-order valence-electron chi connectivity index (χ2n) is 2.84. The minimum Gasteiger partial charge on any atom is -0.363 e. The van der Waals surface area contributed by atoms with Crippen molar-refractivity contribution in [1.82, 2.24) is 15.0 Å². The number of hydrogen-bond donors (Lipinski definition) is 1. The molecule has 84 valence electrons. The molecule has 0 fully saturated rings. The molecule has 0 aromatic carbocycles. The normalized spacial score (nSPS) is 10.4. The van der Waals surface area contributed by atoms with Crippen LogP contribution in [0, 0.1) is 0 Å². The highest BCUT2D eigenvalue weighted by molar-refractivity contribution is 7.98. The van der Waals surface area contributed by atoms with Gasteiger partial charge in [-0.15, -0.1) is 11.3 Å². The third-order valence-corrected chi connectivity index (χ3v) is 3.28. The van der Waals surface area contributed by atoms with Crippen molar-refractivity contribution in [2.75, 3.05) is 11.6 Å². The van der Waals surface area contributed by atoms with Crippen LogP contribution in [0.1, 0.15) is 5.01 Å². The molecule has 0 spiro atoms. The van der Waals surface area contributed by atoms with Crippen molar-refractivity contribution in [3.63, 3.8) is 0 Å². The third kappa shape index (κ3) is 3.07. The van der Waals surface area contributed by atoms with Crippen LogP contribution in [0.2, 0.25) is 5.15 Å². The molecule has 0 saturated heterocycles. The maximum absolute atomic E-state index is 5.87. The number of hydrogen-bond acceptors (Lipinski definition) is 6. The standard InChI is InChI=1S/C9H9ClN4S2/c1-15-9-13-6(10)4-7(14-9)12-5-8-11-2-3-16-8/h2-4H,5H2,1H3,(H,12,13,14). The second kappa shape index (κ2) is 5.47. The number of thioether (sulfide) groups is 1. The minimum absolute atomic E-state index is 0.445. The van der Waals surface area contributed by atoms with Crippen LogP contribution in [0.3, 0.4) is 0 Å². The summed E-state index contributed by atoms with van der Waals surface area (Å²) in [6, 6.07) is 1.70. The molecular weight excluding hydrogens is 264 g/mol. The Kier molecular flexibility index (Phi) is 3.98. The largest absolute Gasteiger partial charge is 0.363 e. The van der Waals surface area contributed by atoms with E-state index in [2.05, 4.69) is 20.3 Å². The number of thiazole rings is 1. The second-order valence-corrected chi connectivity index (χ2v) is 4.98. The van der Waals surface area contributed by atoms with E-state index >= 15 is 0 Å². The highest BCUT2D eigenvalue weighted by atomic mass is 35.5. The van der Waals surface area contributed by atoms with Gasteiger partial charge in [-0.3, -0.25) is 0 Å². The van der Waals surface area contributed by atoms with Gasteiger partial charge in [0.2, 0.25) is 0 Å². The molecule has 0 atom stereocenters. The summed E-state index contributed by atoms with van der Waals surface area (Å²) in [6.07, 6.45) is 3.69. The van der Waals surface area contributed by atoms with E-state index in [0.717, 1.165) is 10.8 Å². The van der Waals surface area contributed by atoms with Gasteiger partial charge in [0.1, 0.15) is 16.0 Å². The van der Waals surface area contributed by atoms with Crippen molar-refractivity contribution < 1.29 is 0 Å². The lowest BCUT2D eigenvalue weighted by atomic mass is 10.5. The van der Waals surface area contributed by atoms with Crippen molar-refractivity contribution in [3.8, 4) is 0 Å². The maximum atomic E-state index is 5.87. The van der Waals surface area contributed by atoms with E-state index in [4.69, 9.17) is 11.6 Å². The summed E-state index contributed by atoms with van der Waals surface area (Å²) in [6.45, 7) is 0.652. The van der Waals surface area contributed by atoms with Gasteiger partial charge in [-0.25, -0.2) is 15.0 Å². The van der Waals surface area contributed by atoms with E-state index in [-0.39, 0.29) is 0 Å². The smallest absolute Gasteiger partial charge is 0.190 e. The summed E-state index contributed by atoms with van der Waals surface area (Å²) in [5.74, 6) is 0.722. The molecule has 2 aromatic rings. The number of nitrogens with zero attached hydrogens (tertiary/aromatic N) is 3. The first-order valence-corrected chi connectivity index (χ1v) is 6.97. The average molecular weight is 273 g/mol. The first-order valence-electron chi connectivity index (χ1n) is 4.49. The van der Waals surface area contributed by atoms with E-state index in [1.165, 1.54) is 11.8 Å². The summed E-state index contributed by atoms with van der Waals surface area (Å²) < 4.78 is 0. The van der Waals surface area contributed by atoms with Crippen molar-refractivity contribution >= 4 is 40.5 Å². The summed E-state index contributed by atoms with van der Waals surface area (Å²) in [4.78, 5) is 12.5. The lowest BCUT2D eigenvalue weighted by Crippen LogP contribution is -2.02. The SMILES string of the molecule is CSc1nc(Cl)cc(NCc2nccs2)n1. The van der Waals surface area contributed by atoms with Gasteiger partial charge in [0.05, 0.1) is 6.54 Å². The van der Waals surface area contributed by atoms with Crippen LogP contribution in [0.5, 0.6) is 0 Å².